The van der Waals surface area contributed by atoms with Gasteiger partial charge in [-0.2, -0.15) is 0 Å². The first kappa shape index (κ1) is 14.2. The molecule has 21 heavy (non-hydrogen) atoms. The van der Waals surface area contributed by atoms with Crippen molar-refractivity contribution in [1.29, 1.82) is 0 Å². The van der Waals surface area contributed by atoms with Crippen molar-refractivity contribution in [2.75, 3.05) is 0 Å². The largest absolute Gasteiger partial charge is 0.384 e. The number of aromatic nitrogens is 1. The Hall–Kier alpha value is -1.71. The van der Waals surface area contributed by atoms with Gasteiger partial charge in [0.25, 0.3) is 0 Å². The Kier molecular flexibility index (Phi) is 3.79. The van der Waals surface area contributed by atoms with Gasteiger partial charge in [-0.1, -0.05) is 46.3 Å². The molecule has 0 bridgehead atoms. The lowest BCUT2D eigenvalue weighted by atomic mass is 9.95. The maximum Gasteiger partial charge on any atom is 0.105 e. The van der Waals surface area contributed by atoms with E-state index in [1.54, 1.807) is 6.20 Å². The van der Waals surface area contributed by atoms with Crippen molar-refractivity contribution < 1.29 is 5.11 Å². The van der Waals surface area contributed by atoms with Crippen molar-refractivity contribution in [2.45, 2.75) is 20.0 Å². The van der Waals surface area contributed by atoms with E-state index in [0.29, 0.717) is 0 Å². The second-order valence-corrected chi connectivity index (χ2v) is 6.11. The molecule has 3 rings (SSSR count). The number of hydrogen-bond donors (Lipinski definition) is 1. The minimum absolute atomic E-state index is 0.650. The van der Waals surface area contributed by atoms with Gasteiger partial charge in [0.05, 0.1) is 0 Å². The second kappa shape index (κ2) is 5.58. The lowest BCUT2D eigenvalue weighted by molar-refractivity contribution is 0.221. The lowest BCUT2D eigenvalue weighted by Gasteiger charge is -2.16. The number of fused-ring (bicyclic) bond motifs is 1. The quantitative estimate of drug-likeness (QED) is 0.733. The van der Waals surface area contributed by atoms with Gasteiger partial charge in [0.15, 0.2) is 0 Å². The van der Waals surface area contributed by atoms with Gasteiger partial charge in [0, 0.05) is 22.3 Å². The number of halogens is 1. The third kappa shape index (κ3) is 2.59. The standard InChI is InChI=1S/C18H16BrNO/c1-11-8-14(9-12(2)17(11)19)18(21)15-5-3-4-13-6-7-20-10-16(13)15/h3-10,18,21H,1-2H3. The second-order valence-electron chi connectivity index (χ2n) is 5.32. The average Bonchev–Trinajstić information content (AvgIpc) is 2.51. The maximum atomic E-state index is 10.8. The summed E-state index contributed by atoms with van der Waals surface area (Å²) >= 11 is 3.57. The molecule has 1 atom stereocenters. The molecular weight excluding hydrogens is 326 g/mol. The fourth-order valence-electron chi connectivity index (χ4n) is 2.69. The van der Waals surface area contributed by atoms with Gasteiger partial charge in [0.1, 0.15) is 6.10 Å². The van der Waals surface area contributed by atoms with Crippen LogP contribution in [0.4, 0.5) is 0 Å². The molecular formula is C18H16BrNO. The van der Waals surface area contributed by atoms with E-state index < -0.39 is 6.10 Å². The van der Waals surface area contributed by atoms with Crippen LogP contribution in [0.25, 0.3) is 10.8 Å². The van der Waals surface area contributed by atoms with E-state index in [1.165, 1.54) is 0 Å². The number of aliphatic hydroxyl groups excluding tert-OH is 1. The Balaban J connectivity index is 2.15. The Morgan fingerprint density at radius 2 is 1.81 bits per heavy atom. The van der Waals surface area contributed by atoms with Gasteiger partial charge in [-0.15, -0.1) is 0 Å². The molecule has 0 saturated carbocycles. The van der Waals surface area contributed by atoms with Crippen LogP contribution in [0.2, 0.25) is 0 Å². The van der Waals surface area contributed by atoms with Gasteiger partial charge >= 0.3 is 0 Å². The molecule has 0 radical (unpaired) electrons. The van der Waals surface area contributed by atoms with Crippen LogP contribution in [0, 0.1) is 13.8 Å². The molecule has 0 aliphatic rings. The highest BCUT2D eigenvalue weighted by Crippen LogP contribution is 2.31. The summed E-state index contributed by atoms with van der Waals surface area (Å²) in [5, 5.41) is 12.9. The van der Waals surface area contributed by atoms with Crippen LogP contribution in [-0.2, 0) is 0 Å². The van der Waals surface area contributed by atoms with Crippen molar-refractivity contribution in [1.82, 2.24) is 4.98 Å². The average molecular weight is 342 g/mol. The van der Waals surface area contributed by atoms with Gasteiger partial charge in [-0.3, -0.25) is 4.98 Å². The molecule has 106 valence electrons. The molecule has 1 heterocycles. The summed E-state index contributed by atoms with van der Waals surface area (Å²) in [5.41, 5.74) is 4.05. The summed E-state index contributed by atoms with van der Waals surface area (Å²) in [7, 11) is 0. The number of aliphatic hydroxyl groups is 1. The Morgan fingerprint density at radius 1 is 1.10 bits per heavy atom. The maximum absolute atomic E-state index is 10.8. The summed E-state index contributed by atoms with van der Waals surface area (Å²) in [6.45, 7) is 4.08. The molecule has 0 fully saturated rings. The summed E-state index contributed by atoms with van der Waals surface area (Å²) < 4.78 is 1.10. The molecule has 0 amide bonds. The fourth-order valence-corrected chi connectivity index (χ4v) is 2.92. The van der Waals surface area contributed by atoms with E-state index in [4.69, 9.17) is 0 Å². The molecule has 0 aliphatic carbocycles. The first-order valence-corrected chi connectivity index (χ1v) is 7.64. The smallest absolute Gasteiger partial charge is 0.105 e. The van der Waals surface area contributed by atoms with Crippen LogP contribution in [-0.4, -0.2) is 10.1 Å². The van der Waals surface area contributed by atoms with Crippen LogP contribution < -0.4 is 0 Å². The minimum Gasteiger partial charge on any atom is -0.384 e. The number of aryl methyl sites for hydroxylation is 2. The molecule has 3 heteroatoms. The molecule has 3 aromatic rings. The van der Waals surface area contributed by atoms with E-state index in [9.17, 15) is 5.11 Å². The third-order valence-electron chi connectivity index (χ3n) is 3.79. The topological polar surface area (TPSA) is 33.1 Å². The van der Waals surface area contributed by atoms with E-state index in [-0.39, 0.29) is 0 Å². The SMILES string of the molecule is Cc1cc(C(O)c2cccc3ccncc23)cc(C)c1Br. The van der Waals surface area contributed by atoms with Crippen LogP contribution in [0.1, 0.15) is 28.4 Å². The third-order valence-corrected chi connectivity index (χ3v) is 5.04. The molecule has 0 saturated heterocycles. The van der Waals surface area contributed by atoms with E-state index in [1.807, 2.05) is 56.4 Å². The van der Waals surface area contributed by atoms with E-state index in [0.717, 1.165) is 37.5 Å². The first-order valence-electron chi connectivity index (χ1n) is 6.85. The Bertz CT molecular complexity index is 785. The van der Waals surface area contributed by atoms with Crippen molar-refractivity contribution in [3.63, 3.8) is 0 Å². The highest BCUT2D eigenvalue weighted by Gasteiger charge is 2.15. The normalized spacial score (nSPS) is 12.6. The molecule has 0 aliphatic heterocycles. The molecule has 1 aromatic heterocycles. The predicted octanol–water partition coefficient (Wildman–Crippen LogP) is 4.70. The van der Waals surface area contributed by atoms with Crippen molar-refractivity contribution in [2.24, 2.45) is 0 Å². The van der Waals surface area contributed by atoms with Gasteiger partial charge in [-0.05, 0) is 47.6 Å². The molecule has 2 aromatic carbocycles. The van der Waals surface area contributed by atoms with E-state index in [2.05, 4.69) is 20.9 Å². The number of pyridine rings is 1. The van der Waals surface area contributed by atoms with Crippen LogP contribution in [0.5, 0.6) is 0 Å². The Labute approximate surface area is 132 Å². The Morgan fingerprint density at radius 3 is 2.52 bits per heavy atom. The first-order chi connectivity index (χ1) is 10.1. The van der Waals surface area contributed by atoms with Crippen LogP contribution in [0.15, 0.2) is 53.3 Å². The van der Waals surface area contributed by atoms with Crippen molar-refractivity contribution in [3.8, 4) is 0 Å². The van der Waals surface area contributed by atoms with E-state index >= 15 is 0 Å². The highest BCUT2D eigenvalue weighted by atomic mass is 79.9. The summed E-state index contributed by atoms with van der Waals surface area (Å²) in [5.74, 6) is 0. The van der Waals surface area contributed by atoms with Crippen LogP contribution in [0.3, 0.4) is 0 Å². The molecule has 0 spiro atoms. The number of nitrogens with zero attached hydrogens (tertiary/aromatic N) is 1. The van der Waals surface area contributed by atoms with Gasteiger partial charge in [0.2, 0.25) is 0 Å². The lowest BCUT2D eigenvalue weighted by Crippen LogP contribution is -2.02. The minimum atomic E-state index is -0.650. The summed E-state index contributed by atoms with van der Waals surface area (Å²) in [6.07, 6.45) is 2.93. The van der Waals surface area contributed by atoms with Crippen molar-refractivity contribution in [3.05, 3.63) is 75.5 Å². The zero-order chi connectivity index (χ0) is 15.0. The summed E-state index contributed by atoms with van der Waals surface area (Å²) in [4.78, 5) is 4.18. The zero-order valence-electron chi connectivity index (χ0n) is 12.0. The molecule has 1 unspecified atom stereocenters. The number of hydrogen-bond acceptors (Lipinski definition) is 2. The predicted molar refractivity (Wildman–Crippen MR) is 89.4 cm³/mol. The van der Waals surface area contributed by atoms with Crippen LogP contribution >= 0.6 is 15.9 Å². The number of benzene rings is 2. The zero-order valence-corrected chi connectivity index (χ0v) is 13.6. The molecule has 1 N–H and O–H groups in total. The summed E-state index contributed by atoms with van der Waals surface area (Å²) in [6, 6.07) is 12.0. The van der Waals surface area contributed by atoms with Crippen molar-refractivity contribution >= 4 is 26.7 Å². The van der Waals surface area contributed by atoms with Gasteiger partial charge < -0.3 is 5.11 Å². The highest BCUT2D eigenvalue weighted by molar-refractivity contribution is 9.10. The number of rotatable bonds is 2. The molecule has 2 nitrogen and oxygen atoms in total. The monoisotopic (exact) mass is 341 g/mol. The fraction of sp³-hybridized carbons (Fsp3) is 0.167. The van der Waals surface area contributed by atoms with Gasteiger partial charge in [-0.25, -0.2) is 0 Å².